The van der Waals surface area contributed by atoms with Crippen molar-refractivity contribution in [2.45, 2.75) is 18.9 Å². The lowest BCUT2D eigenvalue weighted by Crippen LogP contribution is -2.37. The summed E-state index contributed by atoms with van der Waals surface area (Å²) in [6, 6.07) is 7.80. The number of esters is 1. The van der Waals surface area contributed by atoms with Crippen molar-refractivity contribution in [3.05, 3.63) is 35.9 Å². The second-order valence-electron chi connectivity index (χ2n) is 4.06. The number of carbonyl (C=O) groups is 3. The Labute approximate surface area is 104 Å². The van der Waals surface area contributed by atoms with Crippen molar-refractivity contribution >= 4 is 18.3 Å². The van der Waals surface area contributed by atoms with E-state index in [1.807, 2.05) is 0 Å². The highest BCUT2D eigenvalue weighted by molar-refractivity contribution is 5.96. The monoisotopic (exact) mass is 247 g/mol. The third-order valence-corrected chi connectivity index (χ3v) is 2.88. The van der Waals surface area contributed by atoms with E-state index in [0.717, 1.165) is 6.42 Å². The quantitative estimate of drug-likeness (QED) is 0.452. The fourth-order valence-corrected chi connectivity index (χ4v) is 1.93. The van der Waals surface area contributed by atoms with Gasteiger partial charge in [0, 0.05) is 6.54 Å². The highest BCUT2D eigenvalue weighted by atomic mass is 16.6. The topological polar surface area (TPSA) is 63.7 Å². The summed E-state index contributed by atoms with van der Waals surface area (Å²) in [6.07, 6.45) is 1.33. The third-order valence-electron chi connectivity index (χ3n) is 2.88. The summed E-state index contributed by atoms with van der Waals surface area (Å²) in [4.78, 5) is 35.4. The fraction of sp³-hybridized carbons (Fsp3) is 0.308. The molecule has 0 radical (unpaired) electrons. The van der Waals surface area contributed by atoms with Gasteiger partial charge in [-0.15, -0.1) is 0 Å². The molecule has 0 N–H and O–H groups in total. The molecule has 1 amide bonds. The standard InChI is InChI=1S/C13H13NO4/c15-9-11-7-4-8-14(11)13(17)18-12(16)10-5-2-1-3-6-10/h1-3,5-6,9,11H,4,7-8H2/t11-/m0/s1. The van der Waals surface area contributed by atoms with Crippen molar-refractivity contribution < 1.29 is 19.1 Å². The van der Waals surface area contributed by atoms with E-state index >= 15 is 0 Å². The molecule has 5 nitrogen and oxygen atoms in total. The molecule has 1 heterocycles. The first-order valence-electron chi connectivity index (χ1n) is 5.75. The lowest BCUT2D eigenvalue weighted by molar-refractivity contribution is -0.111. The van der Waals surface area contributed by atoms with Crippen LogP contribution in [0.1, 0.15) is 23.2 Å². The molecule has 1 aromatic rings. The summed E-state index contributed by atoms with van der Waals surface area (Å²) in [5.41, 5.74) is 0.313. The van der Waals surface area contributed by atoms with E-state index in [2.05, 4.69) is 0 Å². The molecular weight excluding hydrogens is 234 g/mol. The summed E-state index contributed by atoms with van der Waals surface area (Å²) in [5.74, 6) is -0.697. The molecule has 0 spiro atoms. The highest BCUT2D eigenvalue weighted by Crippen LogP contribution is 2.17. The Morgan fingerprint density at radius 3 is 2.67 bits per heavy atom. The van der Waals surface area contributed by atoms with Gasteiger partial charge in [-0.2, -0.15) is 0 Å². The van der Waals surface area contributed by atoms with E-state index in [1.165, 1.54) is 4.90 Å². The Bertz CT molecular complexity index is 457. The number of ether oxygens (including phenoxy) is 1. The van der Waals surface area contributed by atoms with Gasteiger partial charge in [0.1, 0.15) is 6.29 Å². The summed E-state index contributed by atoms with van der Waals surface area (Å²) in [7, 11) is 0. The van der Waals surface area contributed by atoms with Gasteiger partial charge in [-0.3, -0.25) is 4.90 Å². The van der Waals surface area contributed by atoms with Crippen LogP contribution in [0.5, 0.6) is 0 Å². The van der Waals surface area contributed by atoms with Crippen LogP contribution in [-0.4, -0.2) is 35.8 Å². The summed E-state index contributed by atoms with van der Waals surface area (Å²) < 4.78 is 4.74. The molecule has 0 saturated carbocycles. The fourth-order valence-electron chi connectivity index (χ4n) is 1.93. The highest BCUT2D eigenvalue weighted by Gasteiger charge is 2.30. The lowest BCUT2D eigenvalue weighted by atomic mass is 10.2. The molecule has 1 aromatic carbocycles. The zero-order valence-electron chi connectivity index (χ0n) is 9.74. The molecule has 1 aliphatic rings. The summed E-state index contributed by atoms with van der Waals surface area (Å²) in [6.45, 7) is 0.449. The van der Waals surface area contributed by atoms with Crippen LogP contribution in [0.25, 0.3) is 0 Å². The number of amides is 1. The third kappa shape index (κ3) is 2.56. The number of rotatable bonds is 2. The maximum Gasteiger partial charge on any atom is 0.418 e. The van der Waals surface area contributed by atoms with Crippen LogP contribution in [0.2, 0.25) is 0 Å². The Hall–Kier alpha value is -2.17. The molecule has 0 unspecified atom stereocenters. The van der Waals surface area contributed by atoms with Crippen molar-refractivity contribution in [3.8, 4) is 0 Å². The number of carbonyl (C=O) groups excluding carboxylic acids is 3. The number of nitrogens with zero attached hydrogens (tertiary/aromatic N) is 1. The first-order chi connectivity index (χ1) is 8.72. The molecule has 2 rings (SSSR count). The van der Waals surface area contributed by atoms with Gasteiger partial charge in [-0.1, -0.05) is 18.2 Å². The average molecular weight is 247 g/mol. The van der Waals surface area contributed by atoms with E-state index < -0.39 is 18.1 Å². The average Bonchev–Trinajstić information content (AvgIpc) is 2.88. The van der Waals surface area contributed by atoms with Gasteiger partial charge in [0.25, 0.3) is 0 Å². The SMILES string of the molecule is O=C[C@@H]1CCCN1C(=O)OC(=O)c1ccccc1. The number of aldehydes is 1. The van der Waals surface area contributed by atoms with E-state index in [-0.39, 0.29) is 0 Å². The van der Waals surface area contributed by atoms with Crippen LogP contribution in [0.3, 0.4) is 0 Å². The molecule has 94 valence electrons. The minimum absolute atomic E-state index is 0.313. The normalized spacial score (nSPS) is 18.4. The Morgan fingerprint density at radius 2 is 2.00 bits per heavy atom. The molecule has 1 fully saturated rings. The van der Waals surface area contributed by atoms with Crippen molar-refractivity contribution in [3.63, 3.8) is 0 Å². The smallest absolute Gasteiger partial charge is 0.372 e. The zero-order valence-corrected chi connectivity index (χ0v) is 9.74. The predicted octanol–water partition coefficient (Wildman–Crippen LogP) is 1.63. The molecule has 1 atom stereocenters. The molecule has 1 aliphatic heterocycles. The van der Waals surface area contributed by atoms with Crippen LogP contribution >= 0.6 is 0 Å². The molecule has 0 aromatic heterocycles. The Balaban J connectivity index is 1.99. The van der Waals surface area contributed by atoms with E-state index in [9.17, 15) is 14.4 Å². The van der Waals surface area contributed by atoms with Crippen LogP contribution in [0.15, 0.2) is 30.3 Å². The van der Waals surface area contributed by atoms with Crippen molar-refractivity contribution in [2.75, 3.05) is 6.54 Å². The van der Waals surface area contributed by atoms with E-state index in [4.69, 9.17) is 4.74 Å². The van der Waals surface area contributed by atoms with Crippen LogP contribution < -0.4 is 0 Å². The largest absolute Gasteiger partial charge is 0.418 e. The number of hydrogen-bond donors (Lipinski definition) is 0. The second-order valence-corrected chi connectivity index (χ2v) is 4.06. The van der Waals surface area contributed by atoms with Gasteiger partial charge in [-0.25, -0.2) is 9.59 Å². The summed E-state index contributed by atoms with van der Waals surface area (Å²) >= 11 is 0. The number of benzene rings is 1. The Kier molecular flexibility index (Phi) is 3.72. The maximum atomic E-state index is 11.7. The second kappa shape index (κ2) is 5.44. The molecule has 18 heavy (non-hydrogen) atoms. The number of likely N-dealkylation sites (tertiary alicyclic amines) is 1. The van der Waals surface area contributed by atoms with Crippen molar-refractivity contribution in [1.82, 2.24) is 4.90 Å². The van der Waals surface area contributed by atoms with Crippen molar-refractivity contribution in [2.24, 2.45) is 0 Å². The minimum Gasteiger partial charge on any atom is -0.372 e. The molecular formula is C13H13NO4. The lowest BCUT2D eigenvalue weighted by Gasteiger charge is -2.18. The van der Waals surface area contributed by atoms with Gasteiger partial charge in [0.15, 0.2) is 0 Å². The minimum atomic E-state index is -0.751. The van der Waals surface area contributed by atoms with Gasteiger partial charge < -0.3 is 9.53 Å². The zero-order chi connectivity index (χ0) is 13.0. The van der Waals surface area contributed by atoms with Gasteiger partial charge in [0.2, 0.25) is 0 Å². The van der Waals surface area contributed by atoms with Gasteiger partial charge in [-0.05, 0) is 25.0 Å². The van der Waals surface area contributed by atoms with Crippen molar-refractivity contribution in [1.29, 1.82) is 0 Å². The first-order valence-corrected chi connectivity index (χ1v) is 5.75. The van der Waals surface area contributed by atoms with Crippen LogP contribution in [-0.2, 0) is 9.53 Å². The molecule has 0 aliphatic carbocycles. The first kappa shape index (κ1) is 12.3. The summed E-state index contributed by atoms with van der Waals surface area (Å²) in [5, 5.41) is 0. The predicted molar refractivity (Wildman–Crippen MR) is 63.0 cm³/mol. The van der Waals surface area contributed by atoms with Crippen LogP contribution in [0.4, 0.5) is 4.79 Å². The maximum absolute atomic E-state index is 11.7. The number of hydrogen-bond acceptors (Lipinski definition) is 4. The van der Waals surface area contributed by atoms with Crippen LogP contribution in [0, 0.1) is 0 Å². The van der Waals surface area contributed by atoms with Gasteiger partial charge >= 0.3 is 12.1 Å². The van der Waals surface area contributed by atoms with E-state index in [1.54, 1.807) is 30.3 Å². The molecule has 0 bridgehead atoms. The molecule has 1 saturated heterocycles. The molecule has 5 heteroatoms. The van der Waals surface area contributed by atoms with Gasteiger partial charge in [0.05, 0.1) is 11.6 Å². The Morgan fingerprint density at radius 1 is 1.28 bits per heavy atom. The van der Waals surface area contributed by atoms with E-state index in [0.29, 0.717) is 24.8 Å².